The fourth-order valence-corrected chi connectivity index (χ4v) is 1.24. The Bertz CT molecular complexity index is 211. The predicted octanol–water partition coefficient (Wildman–Crippen LogP) is -0.170. The molecule has 0 aromatic heterocycles. The van der Waals surface area contributed by atoms with Gasteiger partial charge in [0.25, 0.3) is 0 Å². The van der Waals surface area contributed by atoms with Gasteiger partial charge in [-0.15, -0.1) is 0 Å². The van der Waals surface area contributed by atoms with Crippen molar-refractivity contribution >= 4 is 10.0 Å². The summed E-state index contributed by atoms with van der Waals surface area (Å²) in [5.41, 5.74) is 0. The Morgan fingerprint density at radius 1 is 1.08 bits per heavy atom. The zero-order chi connectivity index (χ0) is 9.78. The van der Waals surface area contributed by atoms with E-state index >= 15 is 0 Å². The van der Waals surface area contributed by atoms with E-state index in [9.17, 15) is 8.42 Å². The van der Waals surface area contributed by atoms with Gasteiger partial charge in [0.15, 0.2) is 0 Å². The summed E-state index contributed by atoms with van der Waals surface area (Å²) in [4.78, 5) is 2.04. The molecular formula is C7H18N2O2S. The molecule has 0 heterocycles. The monoisotopic (exact) mass is 194 g/mol. The lowest BCUT2D eigenvalue weighted by atomic mass is 10.4. The minimum atomic E-state index is -2.99. The van der Waals surface area contributed by atoms with Gasteiger partial charge in [-0.2, -0.15) is 0 Å². The van der Waals surface area contributed by atoms with Gasteiger partial charge in [0, 0.05) is 13.6 Å². The molecule has 0 aliphatic carbocycles. The zero-order valence-electron chi connectivity index (χ0n) is 8.24. The molecule has 0 aliphatic heterocycles. The summed E-state index contributed by atoms with van der Waals surface area (Å²) in [6.45, 7) is 1.51. The highest BCUT2D eigenvalue weighted by Crippen LogP contribution is 1.95. The molecular weight excluding hydrogens is 176 g/mol. The normalized spacial score (nSPS) is 12.8. The number of nitrogens with zero attached hydrogens (tertiary/aromatic N) is 2. The molecule has 0 amide bonds. The number of sulfonamides is 1. The van der Waals surface area contributed by atoms with Crippen LogP contribution in [0.4, 0.5) is 0 Å². The van der Waals surface area contributed by atoms with E-state index in [4.69, 9.17) is 0 Å². The van der Waals surface area contributed by atoms with E-state index in [2.05, 4.69) is 0 Å². The molecule has 0 radical (unpaired) electrons. The van der Waals surface area contributed by atoms with Gasteiger partial charge in [-0.1, -0.05) is 0 Å². The molecule has 0 unspecified atom stereocenters. The smallest absolute Gasteiger partial charge is 0.210 e. The summed E-state index contributed by atoms with van der Waals surface area (Å²) in [5, 5.41) is 0. The third-order valence-electron chi connectivity index (χ3n) is 1.64. The predicted molar refractivity (Wildman–Crippen MR) is 50.6 cm³/mol. The van der Waals surface area contributed by atoms with E-state index in [1.165, 1.54) is 10.6 Å². The molecule has 0 bridgehead atoms. The van der Waals surface area contributed by atoms with E-state index in [-0.39, 0.29) is 0 Å². The lowest BCUT2D eigenvalue weighted by Gasteiger charge is -2.15. The molecule has 0 saturated heterocycles. The minimum Gasteiger partial charge on any atom is -0.309 e. The topological polar surface area (TPSA) is 40.6 Å². The summed E-state index contributed by atoms with van der Waals surface area (Å²) < 4.78 is 23.2. The van der Waals surface area contributed by atoms with Crippen molar-refractivity contribution < 1.29 is 8.42 Å². The highest BCUT2D eigenvalue weighted by Gasteiger charge is 2.09. The standard InChI is InChI=1S/C7H18N2O2S/c1-8(2)6-5-7-9(3)12(4,10)11/h5-7H2,1-4H3. The highest BCUT2D eigenvalue weighted by molar-refractivity contribution is 7.88. The van der Waals surface area contributed by atoms with Crippen molar-refractivity contribution in [1.29, 1.82) is 0 Å². The van der Waals surface area contributed by atoms with Gasteiger partial charge in [0.2, 0.25) is 10.0 Å². The average Bonchev–Trinajstić information content (AvgIpc) is 1.84. The Morgan fingerprint density at radius 2 is 1.58 bits per heavy atom. The van der Waals surface area contributed by atoms with Gasteiger partial charge in [0.1, 0.15) is 0 Å². The van der Waals surface area contributed by atoms with Crippen molar-refractivity contribution in [2.45, 2.75) is 6.42 Å². The lowest BCUT2D eigenvalue weighted by molar-refractivity contribution is 0.371. The Balaban J connectivity index is 3.66. The maximum atomic E-state index is 10.9. The highest BCUT2D eigenvalue weighted by atomic mass is 32.2. The molecule has 0 atom stereocenters. The van der Waals surface area contributed by atoms with Crippen LogP contribution in [0, 0.1) is 0 Å². The van der Waals surface area contributed by atoms with E-state index in [0.717, 1.165) is 13.0 Å². The van der Waals surface area contributed by atoms with Gasteiger partial charge >= 0.3 is 0 Å². The second-order valence-electron chi connectivity index (χ2n) is 3.24. The SMILES string of the molecule is CN(C)CCCN(C)S(C)(=O)=O. The van der Waals surface area contributed by atoms with Crippen LogP contribution < -0.4 is 0 Å². The van der Waals surface area contributed by atoms with Gasteiger partial charge in [-0.3, -0.25) is 0 Å². The van der Waals surface area contributed by atoms with Crippen LogP contribution in [0.5, 0.6) is 0 Å². The quantitative estimate of drug-likeness (QED) is 0.610. The van der Waals surface area contributed by atoms with Crippen molar-refractivity contribution in [2.24, 2.45) is 0 Å². The van der Waals surface area contributed by atoms with Gasteiger partial charge in [-0.25, -0.2) is 12.7 Å². The number of hydrogen-bond donors (Lipinski definition) is 0. The molecule has 0 saturated carbocycles. The average molecular weight is 194 g/mol. The Hall–Kier alpha value is -0.130. The van der Waals surface area contributed by atoms with Crippen molar-refractivity contribution in [3.05, 3.63) is 0 Å². The Labute approximate surface area is 75.2 Å². The zero-order valence-corrected chi connectivity index (χ0v) is 9.06. The first-order chi connectivity index (χ1) is 5.34. The van der Waals surface area contributed by atoms with E-state index in [0.29, 0.717) is 6.54 Å². The van der Waals surface area contributed by atoms with Gasteiger partial charge in [-0.05, 0) is 27.1 Å². The van der Waals surface area contributed by atoms with Crippen LogP contribution >= 0.6 is 0 Å². The fourth-order valence-electron chi connectivity index (χ4n) is 0.775. The molecule has 12 heavy (non-hydrogen) atoms. The summed E-state index contributed by atoms with van der Waals surface area (Å²) >= 11 is 0. The summed E-state index contributed by atoms with van der Waals surface area (Å²) in [5.74, 6) is 0. The minimum absolute atomic E-state index is 0.594. The number of hydrogen-bond acceptors (Lipinski definition) is 3. The van der Waals surface area contributed by atoms with Crippen LogP contribution in [-0.4, -0.2) is 58.1 Å². The van der Waals surface area contributed by atoms with Crippen LogP contribution in [0.2, 0.25) is 0 Å². The second-order valence-corrected chi connectivity index (χ2v) is 5.33. The Kier molecular flexibility index (Phi) is 4.74. The molecule has 0 aromatic rings. The molecule has 0 spiro atoms. The van der Waals surface area contributed by atoms with Gasteiger partial charge in [0.05, 0.1) is 6.26 Å². The van der Waals surface area contributed by atoms with E-state index in [1.54, 1.807) is 7.05 Å². The van der Waals surface area contributed by atoms with Crippen LogP contribution in [-0.2, 0) is 10.0 Å². The molecule has 0 rings (SSSR count). The van der Waals surface area contributed by atoms with E-state index < -0.39 is 10.0 Å². The van der Waals surface area contributed by atoms with Crippen molar-refractivity contribution in [1.82, 2.24) is 9.21 Å². The van der Waals surface area contributed by atoms with Crippen molar-refractivity contribution in [3.8, 4) is 0 Å². The molecule has 74 valence electrons. The first-order valence-electron chi connectivity index (χ1n) is 3.90. The number of rotatable bonds is 5. The van der Waals surface area contributed by atoms with E-state index in [1.807, 2.05) is 19.0 Å². The third kappa shape index (κ3) is 5.51. The fraction of sp³-hybridized carbons (Fsp3) is 1.00. The lowest BCUT2D eigenvalue weighted by Crippen LogP contribution is -2.28. The molecule has 4 nitrogen and oxygen atoms in total. The third-order valence-corrected chi connectivity index (χ3v) is 2.96. The largest absolute Gasteiger partial charge is 0.309 e. The second kappa shape index (κ2) is 4.79. The maximum absolute atomic E-state index is 10.9. The van der Waals surface area contributed by atoms with Crippen molar-refractivity contribution in [3.63, 3.8) is 0 Å². The maximum Gasteiger partial charge on any atom is 0.210 e. The first kappa shape index (κ1) is 11.9. The molecule has 0 N–H and O–H groups in total. The van der Waals surface area contributed by atoms with Crippen LogP contribution in [0.3, 0.4) is 0 Å². The van der Waals surface area contributed by atoms with Crippen LogP contribution in [0.15, 0.2) is 0 Å². The van der Waals surface area contributed by atoms with Crippen LogP contribution in [0.1, 0.15) is 6.42 Å². The molecule has 0 aliphatic rings. The summed E-state index contributed by atoms with van der Waals surface area (Å²) in [6, 6.07) is 0. The van der Waals surface area contributed by atoms with Gasteiger partial charge < -0.3 is 4.90 Å². The summed E-state index contributed by atoms with van der Waals surface area (Å²) in [6.07, 6.45) is 2.10. The Morgan fingerprint density at radius 3 is 1.92 bits per heavy atom. The van der Waals surface area contributed by atoms with Crippen LogP contribution in [0.25, 0.3) is 0 Å². The van der Waals surface area contributed by atoms with Crippen molar-refractivity contribution in [2.75, 3.05) is 40.5 Å². The summed E-state index contributed by atoms with van der Waals surface area (Å²) in [7, 11) is 2.56. The first-order valence-corrected chi connectivity index (χ1v) is 5.75. The molecule has 5 heteroatoms. The molecule has 0 aromatic carbocycles. The molecule has 0 fully saturated rings.